The molecule has 0 bridgehead atoms. The highest BCUT2D eigenvalue weighted by atomic mass is 35.5. The Kier molecular flexibility index (Phi) is 3.37. The summed E-state index contributed by atoms with van der Waals surface area (Å²) in [7, 11) is 0. The van der Waals surface area contributed by atoms with Crippen molar-refractivity contribution in [2.45, 2.75) is 38.0 Å². The Labute approximate surface area is 111 Å². The molecule has 0 aromatic carbocycles. The molecule has 2 atom stereocenters. The van der Waals surface area contributed by atoms with Gasteiger partial charge in [0.25, 0.3) is 0 Å². The van der Waals surface area contributed by atoms with Crippen LogP contribution in [-0.4, -0.2) is 40.4 Å². The fraction of sp³-hybridized carbons (Fsp3) is 0.667. The van der Waals surface area contributed by atoms with E-state index in [1.54, 1.807) is 0 Å². The van der Waals surface area contributed by atoms with Crippen LogP contribution in [0.15, 0.2) is 6.33 Å². The number of aliphatic hydroxyl groups excluding tert-OH is 1. The molecule has 0 amide bonds. The predicted octanol–water partition coefficient (Wildman–Crippen LogP) is 1.38. The van der Waals surface area contributed by atoms with Crippen LogP contribution in [0.25, 0.3) is 0 Å². The summed E-state index contributed by atoms with van der Waals surface area (Å²) in [5.74, 6) is 0.762. The molecule has 1 aromatic rings. The maximum atomic E-state index is 9.45. The van der Waals surface area contributed by atoms with Crippen molar-refractivity contribution in [1.29, 1.82) is 0 Å². The Balaban J connectivity index is 1.96. The highest BCUT2D eigenvalue weighted by Gasteiger charge is 2.37. The minimum Gasteiger partial charge on any atom is -0.391 e. The maximum absolute atomic E-state index is 9.45. The van der Waals surface area contributed by atoms with E-state index in [4.69, 9.17) is 16.3 Å². The van der Waals surface area contributed by atoms with Crippen molar-refractivity contribution in [1.82, 2.24) is 9.97 Å². The van der Waals surface area contributed by atoms with Crippen molar-refractivity contribution in [3.05, 3.63) is 17.0 Å². The number of fused-ring (bicyclic) bond motifs is 1. The lowest BCUT2D eigenvalue weighted by molar-refractivity contribution is 0.0251. The summed E-state index contributed by atoms with van der Waals surface area (Å²) in [5, 5.41) is 9.78. The summed E-state index contributed by atoms with van der Waals surface area (Å²) < 4.78 is 5.78. The van der Waals surface area contributed by atoms with E-state index in [2.05, 4.69) is 14.9 Å². The fourth-order valence-electron chi connectivity index (χ4n) is 2.95. The zero-order valence-corrected chi connectivity index (χ0v) is 10.8. The van der Waals surface area contributed by atoms with Crippen molar-refractivity contribution in [3.8, 4) is 0 Å². The van der Waals surface area contributed by atoms with Gasteiger partial charge in [-0.1, -0.05) is 11.6 Å². The van der Waals surface area contributed by atoms with Crippen LogP contribution in [0.4, 0.5) is 5.82 Å². The third kappa shape index (κ3) is 1.96. The van der Waals surface area contributed by atoms with Crippen molar-refractivity contribution in [3.63, 3.8) is 0 Å². The summed E-state index contributed by atoms with van der Waals surface area (Å²) in [4.78, 5) is 10.5. The Morgan fingerprint density at radius 2 is 2.33 bits per heavy atom. The smallest absolute Gasteiger partial charge is 0.140 e. The first-order valence-electron chi connectivity index (χ1n) is 6.29. The summed E-state index contributed by atoms with van der Waals surface area (Å²) in [6.07, 6.45) is 5.14. The molecule has 0 radical (unpaired) electrons. The SMILES string of the molecule is OCc1c(Cl)ncnc1N1CCOC2CCCC21. The number of ether oxygens (including phenoxy) is 1. The Hall–Kier alpha value is -0.910. The zero-order valence-electron chi connectivity index (χ0n) is 10.0. The molecule has 2 heterocycles. The van der Waals surface area contributed by atoms with E-state index < -0.39 is 0 Å². The van der Waals surface area contributed by atoms with E-state index in [1.807, 2.05) is 0 Å². The van der Waals surface area contributed by atoms with Crippen LogP contribution in [0.3, 0.4) is 0 Å². The van der Waals surface area contributed by atoms with Crippen LogP contribution >= 0.6 is 11.6 Å². The van der Waals surface area contributed by atoms with Gasteiger partial charge in [-0.05, 0) is 19.3 Å². The van der Waals surface area contributed by atoms with Crippen LogP contribution in [0.1, 0.15) is 24.8 Å². The standard InChI is InChI=1S/C12H16ClN3O2/c13-11-8(6-17)12(15-7-14-11)16-4-5-18-10-3-1-2-9(10)16/h7,9-10,17H,1-6H2. The number of rotatable bonds is 2. The van der Waals surface area contributed by atoms with Crippen LogP contribution in [0.5, 0.6) is 0 Å². The molecule has 1 saturated heterocycles. The lowest BCUT2D eigenvalue weighted by Gasteiger charge is -2.39. The topological polar surface area (TPSA) is 58.5 Å². The van der Waals surface area contributed by atoms with E-state index in [9.17, 15) is 5.11 Å². The van der Waals surface area contributed by atoms with Gasteiger partial charge in [-0.15, -0.1) is 0 Å². The number of hydrogen-bond donors (Lipinski definition) is 1. The van der Waals surface area contributed by atoms with Gasteiger partial charge in [0.1, 0.15) is 17.3 Å². The first-order valence-corrected chi connectivity index (χ1v) is 6.67. The van der Waals surface area contributed by atoms with Crippen LogP contribution < -0.4 is 4.90 Å². The van der Waals surface area contributed by atoms with E-state index in [-0.39, 0.29) is 6.61 Å². The van der Waals surface area contributed by atoms with Gasteiger partial charge in [0.15, 0.2) is 0 Å². The van der Waals surface area contributed by atoms with E-state index >= 15 is 0 Å². The normalized spacial score (nSPS) is 27.3. The molecule has 2 unspecified atom stereocenters. The number of halogens is 1. The Morgan fingerprint density at radius 1 is 1.44 bits per heavy atom. The van der Waals surface area contributed by atoms with Crippen molar-refractivity contribution in [2.75, 3.05) is 18.1 Å². The third-order valence-corrected chi connectivity index (χ3v) is 4.11. The Bertz CT molecular complexity index is 443. The van der Waals surface area contributed by atoms with Gasteiger partial charge in [-0.25, -0.2) is 9.97 Å². The molecule has 5 nitrogen and oxygen atoms in total. The summed E-state index contributed by atoms with van der Waals surface area (Å²) in [6, 6.07) is 0.356. The zero-order chi connectivity index (χ0) is 12.5. The average molecular weight is 270 g/mol. The van der Waals surface area contributed by atoms with Crippen LogP contribution in [0, 0.1) is 0 Å². The van der Waals surface area contributed by atoms with Gasteiger partial charge in [0.2, 0.25) is 0 Å². The second kappa shape index (κ2) is 4.99. The van der Waals surface area contributed by atoms with E-state index in [1.165, 1.54) is 12.7 Å². The largest absolute Gasteiger partial charge is 0.391 e. The predicted molar refractivity (Wildman–Crippen MR) is 67.7 cm³/mol. The van der Waals surface area contributed by atoms with Gasteiger partial charge in [-0.3, -0.25) is 0 Å². The van der Waals surface area contributed by atoms with Gasteiger partial charge >= 0.3 is 0 Å². The molecule has 18 heavy (non-hydrogen) atoms. The fourth-order valence-corrected chi connectivity index (χ4v) is 3.14. The number of anilines is 1. The number of morpholine rings is 1. The van der Waals surface area contributed by atoms with Crippen molar-refractivity contribution >= 4 is 17.4 Å². The lowest BCUT2D eigenvalue weighted by atomic mass is 10.1. The van der Waals surface area contributed by atoms with E-state index in [0.717, 1.165) is 25.2 Å². The third-order valence-electron chi connectivity index (χ3n) is 3.78. The molecule has 1 aromatic heterocycles. The first-order chi connectivity index (χ1) is 8.81. The molecule has 1 N–H and O–H groups in total. The lowest BCUT2D eigenvalue weighted by Crippen LogP contribution is -2.49. The van der Waals surface area contributed by atoms with Gasteiger partial charge in [-0.2, -0.15) is 0 Å². The molecule has 1 aliphatic carbocycles. The van der Waals surface area contributed by atoms with E-state index in [0.29, 0.717) is 29.5 Å². The molecule has 2 fully saturated rings. The number of aromatic nitrogens is 2. The summed E-state index contributed by atoms with van der Waals surface area (Å²) in [5.41, 5.74) is 0.617. The summed E-state index contributed by atoms with van der Waals surface area (Å²) >= 11 is 6.02. The number of nitrogens with zero attached hydrogens (tertiary/aromatic N) is 3. The van der Waals surface area contributed by atoms with Crippen molar-refractivity contribution in [2.24, 2.45) is 0 Å². The Morgan fingerprint density at radius 3 is 3.17 bits per heavy atom. The molecule has 2 aliphatic rings. The molecule has 1 saturated carbocycles. The molecule has 98 valence electrons. The van der Waals surface area contributed by atoms with Gasteiger partial charge in [0, 0.05) is 6.54 Å². The molecular formula is C12H16ClN3O2. The summed E-state index contributed by atoms with van der Waals surface area (Å²) in [6.45, 7) is 1.36. The monoisotopic (exact) mass is 269 g/mol. The highest BCUT2D eigenvalue weighted by molar-refractivity contribution is 6.30. The minimum atomic E-state index is -0.135. The van der Waals surface area contributed by atoms with Crippen LogP contribution in [0.2, 0.25) is 5.15 Å². The van der Waals surface area contributed by atoms with Crippen LogP contribution in [-0.2, 0) is 11.3 Å². The first kappa shape index (κ1) is 12.1. The average Bonchev–Trinajstić information content (AvgIpc) is 2.86. The molecule has 0 spiro atoms. The highest BCUT2D eigenvalue weighted by Crippen LogP contribution is 2.34. The second-order valence-corrected chi connectivity index (χ2v) is 5.08. The minimum absolute atomic E-state index is 0.135. The van der Waals surface area contributed by atoms with Gasteiger partial charge < -0.3 is 14.7 Å². The second-order valence-electron chi connectivity index (χ2n) is 4.73. The molecule has 6 heteroatoms. The number of hydrogen-bond acceptors (Lipinski definition) is 5. The maximum Gasteiger partial charge on any atom is 0.140 e. The number of aliphatic hydroxyl groups is 1. The quantitative estimate of drug-likeness (QED) is 0.822. The molecule has 1 aliphatic heterocycles. The molecular weight excluding hydrogens is 254 g/mol. The van der Waals surface area contributed by atoms with Crippen molar-refractivity contribution < 1.29 is 9.84 Å². The molecule has 3 rings (SSSR count). The van der Waals surface area contributed by atoms with Gasteiger partial charge in [0.05, 0.1) is 30.9 Å².